The molecule has 0 radical (unpaired) electrons. The molecule has 164 valence electrons. The van der Waals surface area contributed by atoms with Gasteiger partial charge in [-0.2, -0.15) is 0 Å². The number of aromatic nitrogens is 3. The number of hydrogen-bond acceptors (Lipinski definition) is 6. The van der Waals surface area contributed by atoms with Crippen molar-refractivity contribution < 1.29 is 14.3 Å². The molecule has 0 aliphatic rings. The third kappa shape index (κ3) is 5.58. The lowest BCUT2D eigenvalue weighted by atomic mass is 10.2. The number of ether oxygens (including phenoxy) is 2. The van der Waals surface area contributed by atoms with Crippen molar-refractivity contribution in [1.82, 2.24) is 20.1 Å². The Morgan fingerprint density at radius 1 is 1.13 bits per heavy atom. The SMILES string of the molecule is CCCNC(=O)C(C)Sc1nnc(-c2cccc(OC)c2)n1-c1ccc(OCC)cc1. The molecule has 3 aromatic rings. The molecule has 1 amide bonds. The van der Waals surface area contributed by atoms with Crippen LogP contribution in [0.25, 0.3) is 17.1 Å². The Hall–Kier alpha value is -3.00. The quantitative estimate of drug-likeness (QED) is 0.472. The average molecular weight is 441 g/mol. The Morgan fingerprint density at radius 2 is 1.90 bits per heavy atom. The van der Waals surface area contributed by atoms with Crippen LogP contribution in [0.1, 0.15) is 27.2 Å². The van der Waals surface area contributed by atoms with Gasteiger partial charge in [0.2, 0.25) is 5.91 Å². The van der Waals surface area contributed by atoms with Crippen molar-refractivity contribution in [3.8, 4) is 28.6 Å². The Balaban J connectivity index is 2.00. The molecule has 1 N–H and O–H groups in total. The molecule has 0 spiro atoms. The fraction of sp³-hybridized carbons (Fsp3) is 0.348. The number of rotatable bonds is 10. The molecular weight excluding hydrogens is 412 g/mol. The fourth-order valence-electron chi connectivity index (χ4n) is 2.99. The monoisotopic (exact) mass is 440 g/mol. The number of methoxy groups -OCH3 is 1. The first-order chi connectivity index (χ1) is 15.1. The van der Waals surface area contributed by atoms with Crippen molar-refractivity contribution in [2.75, 3.05) is 20.3 Å². The molecular formula is C23H28N4O3S. The summed E-state index contributed by atoms with van der Waals surface area (Å²) in [5, 5.41) is 12.1. The second kappa shape index (κ2) is 10.9. The normalized spacial score (nSPS) is 11.7. The van der Waals surface area contributed by atoms with Crippen LogP contribution in [0.4, 0.5) is 0 Å². The van der Waals surface area contributed by atoms with E-state index in [0.717, 1.165) is 29.2 Å². The van der Waals surface area contributed by atoms with Gasteiger partial charge in [-0.25, -0.2) is 0 Å². The summed E-state index contributed by atoms with van der Waals surface area (Å²) in [4.78, 5) is 12.4. The Morgan fingerprint density at radius 3 is 2.58 bits per heavy atom. The maximum Gasteiger partial charge on any atom is 0.233 e. The van der Waals surface area contributed by atoms with Crippen LogP contribution >= 0.6 is 11.8 Å². The summed E-state index contributed by atoms with van der Waals surface area (Å²) in [6.45, 7) is 7.12. The van der Waals surface area contributed by atoms with Crippen molar-refractivity contribution in [2.45, 2.75) is 37.6 Å². The van der Waals surface area contributed by atoms with Gasteiger partial charge in [0.05, 0.1) is 19.0 Å². The van der Waals surface area contributed by atoms with Gasteiger partial charge < -0.3 is 14.8 Å². The van der Waals surface area contributed by atoms with Crippen LogP contribution in [-0.4, -0.2) is 46.2 Å². The first-order valence-corrected chi connectivity index (χ1v) is 11.2. The number of benzene rings is 2. The van der Waals surface area contributed by atoms with Gasteiger partial charge in [-0.05, 0) is 56.7 Å². The summed E-state index contributed by atoms with van der Waals surface area (Å²) in [7, 11) is 1.63. The van der Waals surface area contributed by atoms with Crippen LogP contribution < -0.4 is 14.8 Å². The van der Waals surface area contributed by atoms with Crippen molar-refractivity contribution in [3.05, 3.63) is 48.5 Å². The number of hydrogen-bond donors (Lipinski definition) is 1. The molecule has 2 aromatic carbocycles. The van der Waals surface area contributed by atoms with Crippen LogP contribution in [0.15, 0.2) is 53.7 Å². The minimum Gasteiger partial charge on any atom is -0.497 e. The third-order valence-corrected chi connectivity index (χ3v) is 5.61. The van der Waals surface area contributed by atoms with Gasteiger partial charge in [-0.3, -0.25) is 9.36 Å². The summed E-state index contributed by atoms with van der Waals surface area (Å²) >= 11 is 1.38. The molecule has 1 heterocycles. The van der Waals surface area contributed by atoms with Gasteiger partial charge >= 0.3 is 0 Å². The summed E-state index contributed by atoms with van der Waals surface area (Å²) in [6.07, 6.45) is 0.894. The zero-order valence-corrected chi connectivity index (χ0v) is 19.1. The summed E-state index contributed by atoms with van der Waals surface area (Å²) in [6, 6.07) is 15.4. The van der Waals surface area contributed by atoms with E-state index in [2.05, 4.69) is 15.5 Å². The van der Waals surface area contributed by atoms with Gasteiger partial charge in [0.25, 0.3) is 0 Å². The number of nitrogens with one attached hydrogen (secondary N) is 1. The van der Waals surface area contributed by atoms with Gasteiger partial charge in [-0.1, -0.05) is 30.8 Å². The fourth-order valence-corrected chi connectivity index (χ4v) is 3.88. The molecule has 7 nitrogen and oxygen atoms in total. The zero-order valence-electron chi connectivity index (χ0n) is 18.3. The van der Waals surface area contributed by atoms with Crippen molar-refractivity contribution in [2.24, 2.45) is 0 Å². The minimum atomic E-state index is -0.310. The summed E-state index contributed by atoms with van der Waals surface area (Å²) in [5.74, 6) is 2.19. The second-order valence-electron chi connectivity index (χ2n) is 6.85. The van der Waals surface area contributed by atoms with Crippen LogP contribution in [0.2, 0.25) is 0 Å². The Labute approximate surface area is 187 Å². The van der Waals surface area contributed by atoms with Crippen LogP contribution in [0, 0.1) is 0 Å². The molecule has 0 saturated carbocycles. The molecule has 31 heavy (non-hydrogen) atoms. The average Bonchev–Trinajstić information content (AvgIpc) is 3.21. The predicted octanol–water partition coefficient (Wildman–Crippen LogP) is 4.35. The van der Waals surface area contributed by atoms with Gasteiger partial charge in [0.1, 0.15) is 11.5 Å². The molecule has 0 aliphatic carbocycles. The molecule has 3 rings (SSSR count). The van der Waals surface area contributed by atoms with Crippen LogP contribution in [0.5, 0.6) is 11.5 Å². The molecule has 8 heteroatoms. The van der Waals surface area contributed by atoms with Gasteiger partial charge in [0, 0.05) is 17.8 Å². The molecule has 0 fully saturated rings. The van der Waals surface area contributed by atoms with E-state index in [9.17, 15) is 4.79 Å². The van der Waals surface area contributed by atoms with Gasteiger partial charge in [-0.15, -0.1) is 10.2 Å². The highest BCUT2D eigenvalue weighted by molar-refractivity contribution is 8.00. The van der Waals surface area contributed by atoms with E-state index in [0.29, 0.717) is 24.1 Å². The number of carbonyl (C=O) groups excluding carboxylic acids is 1. The van der Waals surface area contributed by atoms with E-state index in [1.54, 1.807) is 7.11 Å². The summed E-state index contributed by atoms with van der Waals surface area (Å²) in [5.41, 5.74) is 1.76. The molecule has 1 atom stereocenters. The standard InChI is InChI=1S/C23H28N4O3S/c1-5-14-24-22(28)16(3)31-23-26-25-21(17-8-7-9-20(15-17)29-4)27(23)18-10-12-19(13-11-18)30-6-2/h7-13,15-16H,5-6,14H2,1-4H3,(H,24,28). The molecule has 1 unspecified atom stereocenters. The molecule has 0 aliphatic heterocycles. The number of carbonyl (C=O) groups is 1. The minimum absolute atomic E-state index is 0.0176. The predicted molar refractivity (Wildman–Crippen MR) is 123 cm³/mol. The van der Waals surface area contributed by atoms with Crippen LogP contribution in [-0.2, 0) is 4.79 Å². The van der Waals surface area contributed by atoms with Crippen molar-refractivity contribution in [3.63, 3.8) is 0 Å². The second-order valence-corrected chi connectivity index (χ2v) is 8.16. The Bertz CT molecular complexity index is 1000. The number of amides is 1. The van der Waals surface area contributed by atoms with Crippen molar-refractivity contribution in [1.29, 1.82) is 0 Å². The van der Waals surface area contributed by atoms with E-state index in [-0.39, 0.29) is 11.2 Å². The molecule has 0 saturated heterocycles. The van der Waals surface area contributed by atoms with E-state index < -0.39 is 0 Å². The van der Waals surface area contributed by atoms with Gasteiger partial charge in [0.15, 0.2) is 11.0 Å². The lowest BCUT2D eigenvalue weighted by molar-refractivity contribution is -0.120. The zero-order chi connectivity index (χ0) is 22.2. The highest BCUT2D eigenvalue weighted by Crippen LogP contribution is 2.32. The largest absolute Gasteiger partial charge is 0.497 e. The molecule has 0 bridgehead atoms. The smallest absolute Gasteiger partial charge is 0.233 e. The summed E-state index contributed by atoms with van der Waals surface area (Å²) < 4.78 is 12.9. The topological polar surface area (TPSA) is 78.3 Å². The third-order valence-electron chi connectivity index (χ3n) is 4.57. The lowest BCUT2D eigenvalue weighted by Crippen LogP contribution is -2.31. The maximum atomic E-state index is 12.4. The maximum absolute atomic E-state index is 12.4. The van der Waals surface area contributed by atoms with E-state index in [1.807, 2.05) is 73.9 Å². The van der Waals surface area contributed by atoms with E-state index in [4.69, 9.17) is 9.47 Å². The van der Waals surface area contributed by atoms with E-state index in [1.165, 1.54) is 11.8 Å². The first-order valence-electron chi connectivity index (χ1n) is 10.3. The molecule has 1 aromatic heterocycles. The highest BCUT2D eigenvalue weighted by atomic mass is 32.2. The lowest BCUT2D eigenvalue weighted by Gasteiger charge is -2.14. The highest BCUT2D eigenvalue weighted by Gasteiger charge is 2.22. The number of thioether (sulfide) groups is 1. The van der Waals surface area contributed by atoms with Crippen molar-refractivity contribution >= 4 is 17.7 Å². The van der Waals surface area contributed by atoms with E-state index >= 15 is 0 Å². The number of nitrogens with zero attached hydrogens (tertiary/aromatic N) is 3. The Kier molecular flexibility index (Phi) is 7.94. The first kappa shape index (κ1) is 22.7. The van der Waals surface area contributed by atoms with Crippen LogP contribution in [0.3, 0.4) is 0 Å².